The zero-order valence-electron chi connectivity index (χ0n) is 17.0. The van der Waals surface area contributed by atoms with Crippen molar-refractivity contribution in [3.8, 4) is 5.75 Å². The number of hydrogen-bond acceptors (Lipinski definition) is 5. The first-order chi connectivity index (χ1) is 14.1. The molecule has 2 aromatic heterocycles. The highest BCUT2D eigenvalue weighted by atomic mass is 16.5. The van der Waals surface area contributed by atoms with E-state index in [1.807, 2.05) is 32.0 Å². The van der Waals surface area contributed by atoms with Crippen molar-refractivity contribution in [2.24, 2.45) is 0 Å². The average Bonchev–Trinajstić information content (AvgIpc) is 3.22. The first-order valence-corrected chi connectivity index (χ1v) is 9.82. The Kier molecular flexibility index (Phi) is 5.42. The van der Waals surface area contributed by atoms with E-state index in [1.165, 1.54) is 17.5 Å². The van der Waals surface area contributed by atoms with Crippen molar-refractivity contribution in [1.82, 2.24) is 19.6 Å². The molecule has 0 aliphatic heterocycles. The van der Waals surface area contributed by atoms with Gasteiger partial charge in [-0.25, -0.2) is 4.98 Å². The molecule has 6 heteroatoms. The van der Waals surface area contributed by atoms with Crippen LogP contribution in [0, 0.1) is 13.8 Å². The molecule has 0 saturated carbocycles. The maximum Gasteiger partial charge on any atom is 0.254 e. The summed E-state index contributed by atoms with van der Waals surface area (Å²) in [6.45, 7) is 7.42. The number of ether oxygens (including phenoxy) is 1. The topological polar surface area (TPSA) is 64.3 Å². The van der Waals surface area contributed by atoms with Crippen molar-refractivity contribution in [2.45, 2.75) is 26.7 Å². The van der Waals surface area contributed by atoms with Crippen molar-refractivity contribution >= 4 is 11.6 Å². The fourth-order valence-electron chi connectivity index (χ4n) is 3.37. The van der Waals surface area contributed by atoms with Gasteiger partial charge in [0.25, 0.3) is 5.78 Å². The molecule has 1 atom stereocenters. The molecule has 0 radical (unpaired) electrons. The standard InChI is InChI=1S/C23H25N5O/c1-16-18(3)27-23-25-15-26-28(23)22(16)24-13-14-29-21-11-9-20(10-12-21)17(2)19-7-5-4-6-8-19/h4-12,15,17,24H,13-14H2,1-3H3. The Balaban J connectivity index is 1.35. The summed E-state index contributed by atoms with van der Waals surface area (Å²) < 4.78 is 7.63. The van der Waals surface area contributed by atoms with Crippen LogP contribution in [0.25, 0.3) is 5.78 Å². The SMILES string of the molecule is Cc1nc2ncnn2c(NCCOc2ccc(C(C)c3ccccc3)cc2)c1C. The molecule has 0 aliphatic carbocycles. The van der Waals surface area contributed by atoms with Crippen molar-refractivity contribution in [3.63, 3.8) is 0 Å². The fourth-order valence-corrected chi connectivity index (χ4v) is 3.37. The van der Waals surface area contributed by atoms with Gasteiger partial charge in [-0.15, -0.1) is 0 Å². The molecule has 1 unspecified atom stereocenters. The molecule has 0 spiro atoms. The van der Waals surface area contributed by atoms with Crippen LogP contribution >= 0.6 is 0 Å². The van der Waals surface area contributed by atoms with Crippen molar-refractivity contribution in [3.05, 3.63) is 83.3 Å². The van der Waals surface area contributed by atoms with Crippen LogP contribution in [-0.2, 0) is 0 Å². The third kappa shape index (κ3) is 4.06. The highest BCUT2D eigenvalue weighted by Crippen LogP contribution is 2.25. The minimum Gasteiger partial charge on any atom is -0.492 e. The van der Waals surface area contributed by atoms with E-state index >= 15 is 0 Å². The number of nitrogens with zero attached hydrogens (tertiary/aromatic N) is 4. The number of hydrogen-bond donors (Lipinski definition) is 1. The van der Waals surface area contributed by atoms with Gasteiger partial charge < -0.3 is 10.1 Å². The van der Waals surface area contributed by atoms with Gasteiger partial charge in [-0.3, -0.25) is 0 Å². The smallest absolute Gasteiger partial charge is 0.254 e. The van der Waals surface area contributed by atoms with E-state index in [-0.39, 0.29) is 0 Å². The van der Waals surface area contributed by atoms with Crippen molar-refractivity contribution < 1.29 is 4.74 Å². The van der Waals surface area contributed by atoms with Crippen LogP contribution in [-0.4, -0.2) is 32.7 Å². The zero-order chi connectivity index (χ0) is 20.2. The van der Waals surface area contributed by atoms with Crippen LogP contribution in [0.2, 0.25) is 0 Å². The van der Waals surface area contributed by atoms with E-state index in [2.05, 4.69) is 63.7 Å². The van der Waals surface area contributed by atoms with E-state index in [0.717, 1.165) is 22.8 Å². The summed E-state index contributed by atoms with van der Waals surface area (Å²) in [6, 6.07) is 18.9. The highest BCUT2D eigenvalue weighted by Gasteiger charge is 2.11. The van der Waals surface area contributed by atoms with Gasteiger partial charge in [0, 0.05) is 17.2 Å². The van der Waals surface area contributed by atoms with Gasteiger partial charge in [0.15, 0.2) is 0 Å². The second-order valence-corrected chi connectivity index (χ2v) is 7.12. The molecule has 6 nitrogen and oxygen atoms in total. The quantitative estimate of drug-likeness (QED) is 0.477. The Hall–Kier alpha value is -3.41. The van der Waals surface area contributed by atoms with Gasteiger partial charge in [0.05, 0.1) is 6.54 Å². The normalized spacial score (nSPS) is 12.1. The maximum absolute atomic E-state index is 5.91. The summed E-state index contributed by atoms with van der Waals surface area (Å²) in [6.07, 6.45) is 1.51. The van der Waals surface area contributed by atoms with E-state index < -0.39 is 0 Å². The number of anilines is 1. The molecule has 0 bridgehead atoms. The monoisotopic (exact) mass is 387 g/mol. The highest BCUT2D eigenvalue weighted by molar-refractivity contribution is 5.51. The van der Waals surface area contributed by atoms with Crippen LogP contribution in [0.3, 0.4) is 0 Å². The number of nitrogens with one attached hydrogen (secondary N) is 1. The average molecular weight is 387 g/mol. The molecule has 0 fully saturated rings. The zero-order valence-corrected chi connectivity index (χ0v) is 17.0. The van der Waals surface area contributed by atoms with Crippen molar-refractivity contribution in [2.75, 3.05) is 18.5 Å². The molecular weight excluding hydrogens is 362 g/mol. The van der Waals surface area contributed by atoms with Gasteiger partial charge in [-0.05, 0) is 37.1 Å². The Morgan fingerprint density at radius 3 is 2.48 bits per heavy atom. The van der Waals surface area contributed by atoms with Crippen LogP contribution in [0.5, 0.6) is 5.75 Å². The van der Waals surface area contributed by atoms with E-state index in [0.29, 0.717) is 24.8 Å². The van der Waals surface area contributed by atoms with Crippen LogP contribution in [0.15, 0.2) is 60.9 Å². The van der Waals surface area contributed by atoms with Crippen molar-refractivity contribution in [1.29, 1.82) is 0 Å². The Bertz CT molecular complexity index is 1090. The predicted octanol–water partition coefficient (Wildman–Crippen LogP) is 4.38. The lowest BCUT2D eigenvalue weighted by atomic mass is 9.93. The summed E-state index contributed by atoms with van der Waals surface area (Å²) >= 11 is 0. The number of aryl methyl sites for hydroxylation is 1. The van der Waals surface area contributed by atoms with Crippen LogP contribution in [0.1, 0.15) is 35.2 Å². The Morgan fingerprint density at radius 1 is 1.00 bits per heavy atom. The van der Waals surface area contributed by atoms with E-state index in [9.17, 15) is 0 Å². The first-order valence-electron chi connectivity index (χ1n) is 9.82. The van der Waals surface area contributed by atoms with E-state index in [4.69, 9.17) is 4.74 Å². The molecule has 2 heterocycles. The fraction of sp³-hybridized carbons (Fsp3) is 0.261. The Morgan fingerprint density at radius 2 is 1.72 bits per heavy atom. The Labute approximate surface area is 170 Å². The summed E-state index contributed by atoms with van der Waals surface area (Å²) in [5.74, 6) is 2.72. The van der Waals surface area contributed by atoms with Gasteiger partial charge in [-0.2, -0.15) is 14.6 Å². The number of aromatic nitrogens is 4. The molecule has 4 rings (SSSR count). The summed E-state index contributed by atoms with van der Waals surface area (Å²) in [4.78, 5) is 8.60. The van der Waals surface area contributed by atoms with Gasteiger partial charge in [0.1, 0.15) is 24.5 Å². The van der Waals surface area contributed by atoms with Crippen LogP contribution in [0.4, 0.5) is 5.82 Å². The first kappa shape index (κ1) is 18.9. The lowest BCUT2D eigenvalue weighted by Gasteiger charge is -2.14. The number of benzene rings is 2. The molecule has 29 heavy (non-hydrogen) atoms. The minimum absolute atomic E-state index is 0.356. The predicted molar refractivity (Wildman–Crippen MR) is 115 cm³/mol. The maximum atomic E-state index is 5.91. The molecule has 4 aromatic rings. The second kappa shape index (κ2) is 8.31. The van der Waals surface area contributed by atoms with Gasteiger partial charge in [0.2, 0.25) is 0 Å². The third-order valence-electron chi connectivity index (χ3n) is 5.25. The number of rotatable bonds is 7. The lowest BCUT2D eigenvalue weighted by Crippen LogP contribution is -2.16. The van der Waals surface area contributed by atoms with Gasteiger partial charge >= 0.3 is 0 Å². The largest absolute Gasteiger partial charge is 0.492 e. The molecule has 0 saturated heterocycles. The van der Waals surface area contributed by atoms with E-state index in [1.54, 1.807) is 4.52 Å². The third-order valence-corrected chi connectivity index (χ3v) is 5.25. The molecule has 148 valence electrons. The number of fused-ring (bicyclic) bond motifs is 1. The summed E-state index contributed by atoms with van der Waals surface area (Å²) in [5, 5.41) is 7.65. The molecule has 0 aliphatic rings. The molecular formula is C23H25N5O. The van der Waals surface area contributed by atoms with Gasteiger partial charge in [-0.1, -0.05) is 49.4 Å². The molecule has 1 N–H and O–H groups in total. The minimum atomic E-state index is 0.356. The molecule has 2 aromatic carbocycles. The van der Waals surface area contributed by atoms with Crippen LogP contribution < -0.4 is 10.1 Å². The summed E-state index contributed by atoms with van der Waals surface area (Å²) in [7, 11) is 0. The summed E-state index contributed by atoms with van der Waals surface area (Å²) in [5.41, 5.74) is 4.59. The second-order valence-electron chi connectivity index (χ2n) is 7.12. The lowest BCUT2D eigenvalue weighted by molar-refractivity contribution is 0.332. The molecule has 0 amide bonds.